The monoisotopic (exact) mass is 350 g/mol. The van der Waals surface area contributed by atoms with Crippen molar-refractivity contribution in [2.24, 2.45) is 0 Å². The summed E-state index contributed by atoms with van der Waals surface area (Å²) in [5, 5.41) is 0.860. The third kappa shape index (κ3) is 3.59. The molecule has 6 nitrogen and oxygen atoms in total. The third-order valence-corrected chi connectivity index (χ3v) is 3.82. The van der Waals surface area contributed by atoms with Crippen molar-refractivity contribution in [1.82, 2.24) is 10.9 Å². The molecule has 0 aliphatic carbocycles. The Hall–Kier alpha value is -3.54. The zero-order chi connectivity index (χ0) is 18.5. The van der Waals surface area contributed by atoms with Crippen molar-refractivity contribution in [1.29, 1.82) is 0 Å². The van der Waals surface area contributed by atoms with Gasteiger partial charge < -0.3 is 9.15 Å². The molecule has 0 unspecified atom stereocenters. The second-order valence-corrected chi connectivity index (χ2v) is 5.58. The molecule has 6 heteroatoms. The Kier molecular flexibility index (Phi) is 5.03. The van der Waals surface area contributed by atoms with E-state index in [1.165, 1.54) is 0 Å². The summed E-state index contributed by atoms with van der Waals surface area (Å²) in [5.41, 5.74) is 6.47. The van der Waals surface area contributed by atoms with Crippen LogP contribution in [0.25, 0.3) is 11.0 Å². The Morgan fingerprint density at radius 1 is 1.08 bits per heavy atom. The summed E-state index contributed by atoms with van der Waals surface area (Å²) in [7, 11) is 0. The van der Waals surface area contributed by atoms with Crippen molar-refractivity contribution >= 4 is 22.8 Å². The van der Waals surface area contributed by atoms with Crippen molar-refractivity contribution in [2.75, 3.05) is 6.61 Å². The van der Waals surface area contributed by atoms with E-state index < -0.39 is 11.8 Å². The van der Waals surface area contributed by atoms with Gasteiger partial charge in [0, 0.05) is 16.5 Å². The Bertz CT molecular complexity index is 958. The Balaban J connectivity index is 1.64. The summed E-state index contributed by atoms with van der Waals surface area (Å²) in [6, 6.07) is 13.9. The fourth-order valence-corrected chi connectivity index (χ4v) is 2.49. The SMILES string of the molecule is C=CCOc1ccc(C(=O)NNC(=O)c2oc3ccccc3c2C)cc1. The molecule has 0 saturated carbocycles. The summed E-state index contributed by atoms with van der Waals surface area (Å²) in [4.78, 5) is 24.4. The summed E-state index contributed by atoms with van der Waals surface area (Å²) < 4.78 is 10.9. The van der Waals surface area contributed by atoms with Crippen molar-refractivity contribution in [3.8, 4) is 5.75 Å². The van der Waals surface area contributed by atoms with Crippen LogP contribution < -0.4 is 15.6 Å². The molecule has 2 N–H and O–H groups in total. The van der Waals surface area contributed by atoms with Crippen LogP contribution in [-0.2, 0) is 0 Å². The number of para-hydroxylation sites is 1. The number of ether oxygens (including phenoxy) is 1. The van der Waals surface area contributed by atoms with Gasteiger partial charge in [-0.2, -0.15) is 0 Å². The van der Waals surface area contributed by atoms with E-state index in [9.17, 15) is 9.59 Å². The average Bonchev–Trinajstić information content (AvgIpc) is 3.01. The van der Waals surface area contributed by atoms with Gasteiger partial charge in [0.15, 0.2) is 5.76 Å². The number of hydrazine groups is 1. The maximum Gasteiger partial charge on any atom is 0.305 e. The lowest BCUT2D eigenvalue weighted by Crippen LogP contribution is -2.41. The summed E-state index contributed by atoms with van der Waals surface area (Å²) in [6.07, 6.45) is 1.64. The second-order valence-electron chi connectivity index (χ2n) is 5.58. The molecule has 0 aliphatic rings. The van der Waals surface area contributed by atoms with Crippen LogP contribution in [0.15, 0.2) is 65.6 Å². The number of amides is 2. The van der Waals surface area contributed by atoms with Gasteiger partial charge in [-0.05, 0) is 37.3 Å². The Morgan fingerprint density at radius 2 is 1.77 bits per heavy atom. The molecule has 1 aromatic heterocycles. The maximum absolute atomic E-state index is 12.3. The lowest BCUT2D eigenvalue weighted by Gasteiger charge is -2.07. The number of hydrogen-bond donors (Lipinski definition) is 2. The standard InChI is InChI=1S/C20H18N2O4/c1-3-12-25-15-10-8-14(9-11-15)19(23)21-22-20(24)18-13(2)16-6-4-5-7-17(16)26-18/h3-11H,1,12H2,2H3,(H,21,23)(H,22,24). The van der Waals surface area contributed by atoms with Gasteiger partial charge in [-0.15, -0.1) is 0 Å². The van der Waals surface area contributed by atoms with E-state index in [0.717, 1.165) is 10.9 Å². The molecule has 2 aromatic carbocycles. The zero-order valence-electron chi connectivity index (χ0n) is 14.2. The Labute approximate surface area is 150 Å². The predicted molar refractivity (Wildman–Crippen MR) is 98.0 cm³/mol. The van der Waals surface area contributed by atoms with Gasteiger partial charge in [-0.1, -0.05) is 30.9 Å². The molecule has 0 saturated heterocycles. The number of benzene rings is 2. The molecule has 0 fully saturated rings. The molecule has 0 radical (unpaired) electrons. The number of furan rings is 1. The minimum absolute atomic E-state index is 0.166. The van der Waals surface area contributed by atoms with Gasteiger partial charge in [-0.25, -0.2) is 0 Å². The van der Waals surface area contributed by atoms with Crippen molar-refractivity contribution in [3.05, 3.63) is 78.1 Å². The molecule has 0 bridgehead atoms. The average molecular weight is 350 g/mol. The van der Waals surface area contributed by atoms with Crippen LogP contribution in [0.2, 0.25) is 0 Å². The first-order valence-electron chi connectivity index (χ1n) is 8.02. The number of rotatable bonds is 5. The van der Waals surface area contributed by atoms with Gasteiger partial charge in [-0.3, -0.25) is 20.4 Å². The van der Waals surface area contributed by atoms with Gasteiger partial charge in [0.1, 0.15) is 17.9 Å². The van der Waals surface area contributed by atoms with Crippen molar-refractivity contribution in [3.63, 3.8) is 0 Å². The molecule has 132 valence electrons. The molecular weight excluding hydrogens is 332 g/mol. The molecular formula is C20H18N2O4. The van der Waals surface area contributed by atoms with Crippen LogP contribution in [0.3, 0.4) is 0 Å². The van der Waals surface area contributed by atoms with Crippen LogP contribution in [-0.4, -0.2) is 18.4 Å². The summed E-state index contributed by atoms with van der Waals surface area (Å²) in [6.45, 7) is 5.75. The van der Waals surface area contributed by atoms with Crippen molar-refractivity contribution in [2.45, 2.75) is 6.92 Å². The van der Waals surface area contributed by atoms with Crippen molar-refractivity contribution < 1.29 is 18.7 Å². The molecule has 1 heterocycles. The topological polar surface area (TPSA) is 80.6 Å². The molecule has 3 aromatic rings. The number of carbonyl (C=O) groups is 2. The van der Waals surface area contributed by atoms with Crippen LogP contribution in [0.1, 0.15) is 26.5 Å². The minimum atomic E-state index is -0.516. The van der Waals surface area contributed by atoms with Crippen LogP contribution >= 0.6 is 0 Å². The number of hydrogen-bond acceptors (Lipinski definition) is 4. The van der Waals surface area contributed by atoms with Gasteiger partial charge in [0.2, 0.25) is 0 Å². The number of fused-ring (bicyclic) bond motifs is 1. The second kappa shape index (κ2) is 7.57. The highest BCUT2D eigenvalue weighted by molar-refractivity contribution is 6.01. The van der Waals surface area contributed by atoms with Crippen LogP contribution in [0.5, 0.6) is 5.75 Å². The van der Waals surface area contributed by atoms with E-state index in [-0.39, 0.29) is 5.76 Å². The molecule has 2 amide bonds. The molecule has 0 atom stereocenters. The first kappa shape index (κ1) is 17.3. The van der Waals surface area contributed by atoms with Crippen LogP contribution in [0, 0.1) is 6.92 Å². The largest absolute Gasteiger partial charge is 0.490 e. The first-order valence-corrected chi connectivity index (χ1v) is 8.02. The fraction of sp³-hybridized carbons (Fsp3) is 0.100. The number of carbonyl (C=O) groups excluding carboxylic acids is 2. The number of nitrogens with one attached hydrogen (secondary N) is 2. The number of aryl methyl sites for hydroxylation is 1. The van der Waals surface area contributed by atoms with Crippen LogP contribution in [0.4, 0.5) is 0 Å². The van der Waals surface area contributed by atoms with E-state index in [1.54, 1.807) is 43.3 Å². The van der Waals surface area contributed by atoms with E-state index in [4.69, 9.17) is 9.15 Å². The predicted octanol–water partition coefficient (Wildman–Crippen LogP) is 3.38. The summed E-state index contributed by atoms with van der Waals surface area (Å²) >= 11 is 0. The summed E-state index contributed by atoms with van der Waals surface area (Å²) in [5.74, 6) is -0.163. The lowest BCUT2D eigenvalue weighted by atomic mass is 10.1. The third-order valence-electron chi connectivity index (χ3n) is 3.82. The lowest BCUT2D eigenvalue weighted by molar-refractivity contribution is 0.0831. The van der Waals surface area contributed by atoms with E-state index in [1.807, 2.05) is 18.2 Å². The Morgan fingerprint density at radius 3 is 2.46 bits per heavy atom. The zero-order valence-corrected chi connectivity index (χ0v) is 14.2. The maximum atomic E-state index is 12.3. The van der Waals surface area contributed by atoms with E-state index >= 15 is 0 Å². The quantitative estimate of drug-likeness (QED) is 0.546. The van der Waals surface area contributed by atoms with E-state index in [2.05, 4.69) is 17.4 Å². The molecule has 26 heavy (non-hydrogen) atoms. The van der Waals surface area contributed by atoms with Gasteiger partial charge in [0.25, 0.3) is 5.91 Å². The molecule has 3 rings (SSSR count). The molecule has 0 spiro atoms. The highest BCUT2D eigenvalue weighted by Crippen LogP contribution is 2.24. The van der Waals surface area contributed by atoms with Gasteiger partial charge in [0.05, 0.1) is 0 Å². The first-order chi connectivity index (χ1) is 12.6. The van der Waals surface area contributed by atoms with Gasteiger partial charge >= 0.3 is 5.91 Å². The molecule has 0 aliphatic heterocycles. The van der Waals surface area contributed by atoms with E-state index in [0.29, 0.717) is 23.5 Å². The fourth-order valence-electron chi connectivity index (χ4n) is 2.49. The highest BCUT2D eigenvalue weighted by atomic mass is 16.5. The minimum Gasteiger partial charge on any atom is -0.490 e. The smallest absolute Gasteiger partial charge is 0.305 e. The normalized spacial score (nSPS) is 10.3. The highest BCUT2D eigenvalue weighted by Gasteiger charge is 2.18.